The van der Waals surface area contributed by atoms with Crippen LogP contribution in [0.4, 0.5) is 8.78 Å². The van der Waals surface area contributed by atoms with Gasteiger partial charge in [-0.15, -0.1) is 11.6 Å². The zero-order chi connectivity index (χ0) is 13.3. The summed E-state index contributed by atoms with van der Waals surface area (Å²) < 4.78 is 49.5. The quantitative estimate of drug-likeness (QED) is 0.803. The van der Waals surface area contributed by atoms with Crippen molar-refractivity contribution in [1.82, 2.24) is 0 Å². The lowest BCUT2D eigenvalue weighted by molar-refractivity contribution is 0.510. The third kappa shape index (κ3) is 3.01. The van der Waals surface area contributed by atoms with Crippen LogP contribution in [0.1, 0.15) is 12.0 Å². The molecule has 0 radical (unpaired) electrons. The van der Waals surface area contributed by atoms with Gasteiger partial charge in [0.05, 0.1) is 11.5 Å². The van der Waals surface area contributed by atoms with Gasteiger partial charge in [0.2, 0.25) is 0 Å². The number of sulfone groups is 1. The Balaban J connectivity index is 2.10. The molecule has 1 aliphatic heterocycles. The van der Waals surface area contributed by atoms with E-state index in [9.17, 15) is 17.2 Å². The number of hydrogen-bond donors (Lipinski definition) is 0. The summed E-state index contributed by atoms with van der Waals surface area (Å²) in [7, 11) is -3.02. The maximum absolute atomic E-state index is 13.4. The van der Waals surface area contributed by atoms with Gasteiger partial charge in [-0.1, -0.05) is 6.07 Å². The van der Waals surface area contributed by atoms with Crippen LogP contribution in [0.5, 0.6) is 0 Å². The summed E-state index contributed by atoms with van der Waals surface area (Å²) in [6, 6.07) is 3.64. The molecule has 100 valence electrons. The van der Waals surface area contributed by atoms with Crippen molar-refractivity contribution in [3.63, 3.8) is 0 Å². The number of halogens is 3. The summed E-state index contributed by atoms with van der Waals surface area (Å²) in [4.78, 5) is 0. The summed E-state index contributed by atoms with van der Waals surface area (Å²) >= 11 is 6.10. The fraction of sp³-hybridized carbons (Fsp3) is 0.500. The van der Waals surface area contributed by atoms with Crippen LogP contribution >= 0.6 is 11.6 Å². The van der Waals surface area contributed by atoms with Crippen LogP contribution in [0.3, 0.4) is 0 Å². The molecule has 0 amide bonds. The van der Waals surface area contributed by atoms with Gasteiger partial charge >= 0.3 is 0 Å². The van der Waals surface area contributed by atoms with Gasteiger partial charge in [0.15, 0.2) is 9.84 Å². The summed E-state index contributed by atoms with van der Waals surface area (Å²) in [6.07, 6.45) is 0.479. The van der Waals surface area contributed by atoms with Crippen LogP contribution in [0.15, 0.2) is 18.2 Å². The molecule has 1 aromatic carbocycles. The SMILES string of the molecule is O=S1(=O)CCC(C(Cl)Cc2c(F)cccc2F)C1. The predicted molar refractivity (Wildman–Crippen MR) is 66.5 cm³/mol. The molecule has 1 aromatic rings. The van der Waals surface area contributed by atoms with E-state index in [1.165, 1.54) is 18.2 Å². The predicted octanol–water partition coefficient (Wildman–Crippen LogP) is 2.55. The monoisotopic (exact) mass is 294 g/mol. The Labute approximate surface area is 110 Å². The fourth-order valence-corrected chi connectivity index (χ4v) is 4.55. The van der Waals surface area contributed by atoms with E-state index in [2.05, 4.69) is 0 Å². The van der Waals surface area contributed by atoms with E-state index >= 15 is 0 Å². The molecule has 1 saturated heterocycles. The van der Waals surface area contributed by atoms with Gasteiger partial charge in [-0.05, 0) is 30.9 Å². The lowest BCUT2D eigenvalue weighted by Gasteiger charge is -2.16. The average molecular weight is 295 g/mol. The first-order valence-electron chi connectivity index (χ1n) is 5.66. The molecule has 0 bridgehead atoms. The average Bonchev–Trinajstić information content (AvgIpc) is 2.64. The molecule has 1 aliphatic rings. The Hall–Kier alpha value is -0.680. The van der Waals surface area contributed by atoms with E-state index in [4.69, 9.17) is 11.6 Å². The van der Waals surface area contributed by atoms with Crippen LogP contribution in [0.2, 0.25) is 0 Å². The minimum atomic E-state index is -3.02. The lowest BCUT2D eigenvalue weighted by Crippen LogP contribution is -2.20. The zero-order valence-corrected chi connectivity index (χ0v) is 11.1. The molecule has 1 fully saturated rings. The maximum atomic E-state index is 13.4. The van der Waals surface area contributed by atoms with Crippen molar-refractivity contribution in [1.29, 1.82) is 0 Å². The van der Waals surface area contributed by atoms with Crippen molar-refractivity contribution in [2.45, 2.75) is 18.2 Å². The van der Waals surface area contributed by atoms with E-state index in [1.54, 1.807) is 0 Å². The highest BCUT2D eigenvalue weighted by molar-refractivity contribution is 7.91. The second kappa shape index (κ2) is 5.13. The molecule has 0 spiro atoms. The van der Waals surface area contributed by atoms with Gasteiger partial charge in [0.1, 0.15) is 11.6 Å². The van der Waals surface area contributed by atoms with E-state index in [0.29, 0.717) is 6.42 Å². The molecular formula is C12H13ClF2O2S. The van der Waals surface area contributed by atoms with Crippen molar-refractivity contribution < 1.29 is 17.2 Å². The molecule has 0 N–H and O–H groups in total. The largest absolute Gasteiger partial charge is 0.229 e. The molecule has 2 nitrogen and oxygen atoms in total. The van der Waals surface area contributed by atoms with E-state index in [-0.39, 0.29) is 29.4 Å². The molecule has 0 saturated carbocycles. The smallest absolute Gasteiger partial charge is 0.150 e. The number of benzene rings is 1. The molecule has 0 aliphatic carbocycles. The van der Waals surface area contributed by atoms with Crippen LogP contribution in [-0.4, -0.2) is 25.3 Å². The normalized spacial score (nSPS) is 24.1. The highest BCUT2D eigenvalue weighted by Gasteiger charge is 2.33. The third-order valence-corrected chi connectivity index (χ3v) is 5.54. The molecular weight excluding hydrogens is 282 g/mol. The Bertz CT molecular complexity index is 525. The van der Waals surface area contributed by atoms with Crippen molar-refractivity contribution >= 4 is 21.4 Å². The molecule has 2 rings (SSSR count). The van der Waals surface area contributed by atoms with Gasteiger partial charge in [-0.25, -0.2) is 17.2 Å². The van der Waals surface area contributed by atoms with Gasteiger partial charge < -0.3 is 0 Å². The Kier molecular flexibility index (Phi) is 3.92. The summed E-state index contributed by atoms with van der Waals surface area (Å²) in [5.74, 6) is -1.38. The Morgan fingerprint density at radius 1 is 1.33 bits per heavy atom. The topological polar surface area (TPSA) is 34.1 Å². The first kappa shape index (κ1) is 13.7. The standard InChI is InChI=1S/C12H13ClF2O2S/c13-10(8-4-5-18(16,17)7-8)6-9-11(14)2-1-3-12(9)15/h1-3,8,10H,4-7H2. The number of rotatable bonds is 3. The molecule has 6 heteroatoms. The minimum absolute atomic E-state index is 0.0111. The highest BCUT2D eigenvalue weighted by atomic mass is 35.5. The summed E-state index contributed by atoms with van der Waals surface area (Å²) in [5, 5.41) is -0.561. The molecule has 1 heterocycles. The highest BCUT2D eigenvalue weighted by Crippen LogP contribution is 2.28. The molecule has 0 aromatic heterocycles. The van der Waals surface area contributed by atoms with Gasteiger partial charge in [0, 0.05) is 10.9 Å². The second-order valence-corrected chi connectivity index (χ2v) is 7.37. The number of alkyl halides is 1. The Morgan fingerprint density at radius 2 is 1.94 bits per heavy atom. The molecule has 2 atom stereocenters. The van der Waals surface area contributed by atoms with Crippen molar-refractivity contribution in [3.8, 4) is 0 Å². The van der Waals surface area contributed by atoms with Crippen molar-refractivity contribution in [2.24, 2.45) is 5.92 Å². The summed E-state index contributed by atoms with van der Waals surface area (Å²) in [6.45, 7) is 0. The third-order valence-electron chi connectivity index (χ3n) is 3.24. The van der Waals surface area contributed by atoms with Crippen LogP contribution < -0.4 is 0 Å². The van der Waals surface area contributed by atoms with Crippen molar-refractivity contribution in [3.05, 3.63) is 35.4 Å². The van der Waals surface area contributed by atoms with Gasteiger partial charge in [0.25, 0.3) is 0 Å². The van der Waals surface area contributed by atoms with E-state index in [1.807, 2.05) is 0 Å². The Morgan fingerprint density at radius 3 is 2.44 bits per heavy atom. The lowest BCUT2D eigenvalue weighted by atomic mass is 9.98. The van der Waals surface area contributed by atoms with E-state index < -0.39 is 26.8 Å². The van der Waals surface area contributed by atoms with Crippen LogP contribution in [0.25, 0.3) is 0 Å². The van der Waals surface area contributed by atoms with Crippen molar-refractivity contribution in [2.75, 3.05) is 11.5 Å². The van der Waals surface area contributed by atoms with Crippen LogP contribution in [-0.2, 0) is 16.3 Å². The minimum Gasteiger partial charge on any atom is -0.229 e. The number of hydrogen-bond acceptors (Lipinski definition) is 2. The first-order valence-corrected chi connectivity index (χ1v) is 7.92. The maximum Gasteiger partial charge on any atom is 0.150 e. The van der Waals surface area contributed by atoms with Gasteiger partial charge in [-0.3, -0.25) is 0 Å². The molecule has 2 unspecified atom stereocenters. The van der Waals surface area contributed by atoms with E-state index in [0.717, 1.165) is 0 Å². The fourth-order valence-electron chi connectivity index (χ4n) is 2.20. The second-order valence-electron chi connectivity index (χ2n) is 4.58. The summed E-state index contributed by atoms with van der Waals surface area (Å²) in [5.41, 5.74) is -0.0678. The first-order chi connectivity index (χ1) is 8.39. The zero-order valence-electron chi connectivity index (χ0n) is 9.57. The van der Waals surface area contributed by atoms with Crippen LogP contribution in [0, 0.1) is 17.6 Å². The molecule has 18 heavy (non-hydrogen) atoms. The van der Waals surface area contributed by atoms with Gasteiger partial charge in [-0.2, -0.15) is 0 Å².